The molecule has 10 heteroatoms. The largest absolute Gasteiger partial charge is 0.395 e. The number of aliphatic hydroxyl groups excluding tert-OH is 1. The van der Waals surface area contributed by atoms with Gasteiger partial charge in [0.1, 0.15) is 17.7 Å². The first-order valence-corrected chi connectivity index (χ1v) is 10.0. The molecule has 4 N–H and O–H groups in total. The number of benzene rings is 2. The Kier molecular flexibility index (Phi) is 5.66. The second-order valence-corrected chi connectivity index (χ2v) is 7.91. The van der Waals surface area contributed by atoms with E-state index in [0.717, 1.165) is 11.6 Å². The number of amides is 1. The smallest absolute Gasteiger partial charge is 0.254 e. The maximum Gasteiger partial charge on any atom is 0.254 e. The first-order chi connectivity index (χ1) is 15.8. The third-order valence-electron chi connectivity index (χ3n) is 5.64. The summed E-state index contributed by atoms with van der Waals surface area (Å²) in [5.74, 6) is -2.59. The van der Waals surface area contributed by atoms with E-state index in [0.29, 0.717) is 35.1 Å². The van der Waals surface area contributed by atoms with Crippen LogP contribution in [0.1, 0.15) is 28.4 Å². The quantitative estimate of drug-likeness (QED) is 0.471. The molecular formula is C23H20F2N6O2. The number of nitrogens with one attached hydrogen (secondary N) is 3. The molecule has 0 spiro atoms. The van der Waals surface area contributed by atoms with E-state index in [1.807, 2.05) is 13.0 Å². The second-order valence-electron chi connectivity index (χ2n) is 7.91. The van der Waals surface area contributed by atoms with Crippen LogP contribution in [0.2, 0.25) is 0 Å². The monoisotopic (exact) mass is 450 g/mol. The van der Waals surface area contributed by atoms with Gasteiger partial charge in [-0.15, -0.1) is 0 Å². The summed E-state index contributed by atoms with van der Waals surface area (Å²) in [5, 5.41) is 27.6. The van der Waals surface area contributed by atoms with Crippen molar-refractivity contribution < 1.29 is 18.7 Å². The topological polar surface area (TPSA) is 123 Å². The second kappa shape index (κ2) is 8.44. The molecule has 2 aromatic carbocycles. The van der Waals surface area contributed by atoms with Crippen molar-refractivity contribution in [2.24, 2.45) is 0 Å². The number of anilines is 3. The van der Waals surface area contributed by atoms with Gasteiger partial charge in [-0.25, -0.2) is 18.7 Å². The number of halogens is 2. The summed E-state index contributed by atoms with van der Waals surface area (Å²) in [7, 11) is 1.34. The fourth-order valence-corrected chi connectivity index (χ4v) is 3.72. The van der Waals surface area contributed by atoms with Crippen LogP contribution in [0.25, 0.3) is 11.3 Å². The Balaban J connectivity index is 1.73. The van der Waals surface area contributed by atoms with E-state index in [4.69, 9.17) is 0 Å². The van der Waals surface area contributed by atoms with Crippen LogP contribution in [0, 0.1) is 23.0 Å². The van der Waals surface area contributed by atoms with Gasteiger partial charge in [0.05, 0.1) is 34.8 Å². The Labute approximate surface area is 188 Å². The van der Waals surface area contributed by atoms with Gasteiger partial charge in [-0.05, 0) is 29.8 Å². The molecule has 0 aliphatic carbocycles. The number of hydrogen-bond acceptors (Lipinski definition) is 7. The van der Waals surface area contributed by atoms with Gasteiger partial charge >= 0.3 is 0 Å². The molecule has 1 atom stereocenters. The summed E-state index contributed by atoms with van der Waals surface area (Å²) in [6, 6.07) is 8.96. The molecule has 168 valence electrons. The van der Waals surface area contributed by atoms with Gasteiger partial charge in [0.2, 0.25) is 5.95 Å². The van der Waals surface area contributed by atoms with Crippen LogP contribution < -0.4 is 16.0 Å². The molecule has 8 nitrogen and oxygen atoms in total. The van der Waals surface area contributed by atoms with Gasteiger partial charge in [-0.3, -0.25) is 4.79 Å². The van der Waals surface area contributed by atoms with Crippen molar-refractivity contribution in [3.8, 4) is 17.3 Å². The van der Waals surface area contributed by atoms with Crippen molar-refractivity contribution in [2.75, 3.05) is 30.8 Å². The molecule has 0 saturated heterocycles. The third-order valence-corrected chi connectivity index (χ3v) is 5.64. The zero-order valence-corrected chi connectivity index (χ0v) is 17.8. The Morgan fingerprint density at radius 3 is 2.79 bits per heavy atom. The minimum absolute atomic E-state index is 0.0166. The molecule has 1 aliphatic heterocycles. The van der Waals surface area contributed by atoms with Crippen LogP contribution in [0.15, 0.2) is 36.5 Å². The van der Waals surface area contributed by atoms with Crippen molar-refractivity contribution >= 4 is 23.2 Å². The minimum atomic E-state index is -0.991. The number of hydrogen-bond donors (Lipinski definition) is 4. The molecule has 0 radical (unpaired) electrons. The van der Waals surface area contributed by atoms with Crippen molar-refractivity contribution in [1.82, 2.24) is 15.3 Å². The highest BCUT2D eigenvalue weighted by molar-refractivity contribution is 5.95. The Morgan fingerprint density at radius 2 is 2.09 bits per heavy atom. The SMILES string of the molecule is CNC(=O)c1cc(Nc2nccc(-c3cc(C#N)c4c(c3)[C@@](C)(CO)CN4)n2)c(F)cc1F. The molecule has 1 aromatic heterocycles. The van der Waals surface area contributed by atoms with Crippen LogP contribution in [0.4, 0.5) is 26.1 Å². The molecule has 0 unspecified atom stereocenters. The number of carbonyl (C=O) groups is 1. The van der Waals surface area contributed by atoms with Crippen LogP contribution in [-0.2, 0) is 5.41 Å². The molecule has 4 rings (SSSR count). The molecule has 0 saturated carbocycles. The van der Waals surface area contributed by atoms with E-state index in [2.05, 4.69) is 32.0 Å². The van der Waals surface area contributed by atoms with E-state index >= 15 is 0 Å². The molecule has 1 amide bonds. The van der Waals surface area contributed by atoms with Gasteiger partial charge in [-0.2, -0.15) is 5.26 Å². The minimum Gasteiger partial charge on any atom is -0.395 e. The van der Waals surface area contributed by atoms with Crippen LogP contribution in [-0.4, -0.2) is 41.2 Å². The third kappa shape index (κ3) is 3.94. The average molecular weight is 450 g/mol. The Morgan fingerprint density at radius 1 is 1.30 bits per heavy atom. The van der Waals surface area contributed by atoms with Gasteiger partial charge < -0.3 is 21.1 Å². The summed E-state index contributed by atoms with van der Waals surface area (Å²) < 4.78 is 28.3. The van der Waals surface area contributed by atoms with Crippen LogP contribution >= 0.6 is 0 Å². The summed E-state index contributed by atoms with van der Waals surface area (Å²) in [4.78, 5) is 20.3. The Bertz CT molecular complexity index is 1310. The maximum atomic E-state index is 14.3. The average Bonchev–Trinajstić information content (AvgIpc) is 3.17. The number of aromatic nitrogens is 2. The number of rotatable bonds is 5. The summed E-state index contributed by atoms with van der Waals surface area (Å²) in [6.45, 7) is 2.28. The van der Waals surface area contributed by atoms with Gasteiger partial charge in [0.25, 0.3) is 5.91 Å². The standard InChI is InChI=1S/C23H20F2N6O2/c1-23(11-32)10-29-20-13(9-26)5-12(6-15(20)23)18-3-4-28-22(30-18)31-19-7-14(21(33)27-2)16(24)8-17(19)25/h3-8,29,32H,10-11H2,1-2H3,(H,27,33)(H,28,30,31)/t23-/m1/s1. The molecule has 0 fully saturated rings. The van der Waals surface area contributed by atoms with Crippen LogP contribution in [0.3, 0.4) is 0 Å². The van der Waals surface area contributed by atoms with Gasteiger partial charge in [-0.1, -0.05) is 6.92 Å². The lowest BCUT2D eigenvalue weighted by Gasteiger charge is -2.21. The summed E-state index contributed by atoms with van der Waals surface area (Å²) in [6.07, 6.45) is 1.45. The van der Waals surface area contributed by atoms with Gasteiger partial charge in [0, 0.05) is 36.8 Å². The fourth-order valence-electron chi connectivity index (χ4n) is 3.72. The first kappa shape index (κ1) is 22.1. The molecule has 33 heavy (non-hydrogen) atoms. The highest BCUT2D eigenvalue weighted by Crippen LogP contribution is 2.41. The predicted octanol–water partition coefficient (Wildman–Crippen LogP) is 3.07. The molecule has 2 heterocycles. The zero-order valence-electron chi connectivity index (χ0n) is 17.8. The zero-order chi connectivity index (χ0) is 23.8. The first-order valence-electron chi connectivity index (χ1n) is 10.0. The molecule has 3 aromatic rings. The lowest BCUT2D eigenvalue weighted by atomic mass is 9.83. The van der Waals surface area contributed by atoms with E-state index in [-0.39, 0.29) is 23.8 Å². The summed E-state index contributed by atoms with van der Waals surface area (Å²) in [5.41, 5.74) is 1.90. The van der Waals surface area contributed by atoms with E-state index in [1.165, 1.54) is 13.2 Å². The molecular weight excluding hydrogens is 430 g/mol. The van der Waals surface area contributed by atoms with E-state index in [9.17, 15) is 23.9 Å². The number of nitrogens with zero attached hydrogens (tertiary/aromatic N) is 3. The molecule has 1 aliphatic rings. The number of carbonyl (C=O) groups excluding carboxylic acids is 1. The van der Waals surface area contributed by atoms with Crippen LogP contribution in [0.5, 0.6) is 0 Å². The highest BCUT2D eigenvalue weighted by Gasteiger charge is 2.36. The van der Waals surface area contributed by atoms with Crippen molar-refractivity contribution in [1.29, 1.82) is 5.26 Å². The number of aliphatic hydroxyl groups is 1. The van der Waals surface area contributed by atoms with Crippen molar-refractivity contribution in [3.05, 3.63) is 64.9 Å². The van der Waals surface area contributed by atoms with Crippen molar-refractivity contribution in [3.63, 3.8) is 0 Å². The predicted molar refractivity (Wildman–Crippen MR) is 118 cm³/mol. The normalized spacial score (nSPS) is 16.5. The maximum absolute atomic E-state index is 14.3. The van der Waals surface area contributed by atoms with E-state index < -0.39 is 23.0 Å². The lowest BCUT2D eigenvalue weighted by Crippen LogP contribution is -2.28. The number of fused-ring (bicyclic) bond motifs is 1. The van der Waals surface area contributed by atoms with E-state index in [1.54, 1.807) is 12.1 Å². The lowest BCUT2D eigenvalue weighted by molar-refractivity contribution is 0.0959. The number of nitriles is 1. The highest BCUT2D eigenvalue weighted by atomic mass is 19.1. The van der Waals surface area contributed by atoms with Gasteiger partial charge in [0.15, 0.2) is 0 Å². The fraction of sp³-hybridized carbons (Fsp3) is 0.217. The summed E-state index contributed by atoms with van der Waals surface area (Å²) >= 11 is 0. The van der Waals surface area contributed by atoms with Crippen molar-refractivity contribution in [2.45, 2.75) is 12.3 Å². The Hall–Kier alpha value is -4.10. The molecule has 0 bridgehead atoms.